The minimum Gasteiger partial charge on any atom is -0.225 e. The molecule has 0 atom stereocenters. The number of nitrogens with zero attached hydrogens (tertiary/aromatic N) is 2. The first-order valence-electron chi connectivity index (χ1n) is 6.01. The number of aromatic nitrogens is 2. The number of nitrogens with two attached hydrogens (primary N) is 1. The summed E-state index contributed by atoms with van der Waals surface area (Å²) in [6, 6.07) is 13.8. The molecule has 0 amide bonds. The summed E-state index contributed by atoms with van der Waals surface area (Å²) in [5.74, 6) is 0. The number of hydrogen-bond donors (Lipinski definition) is 1. The Balaban J connectivity index is 2.40. The van der Waals surface area contributed by atoms with Crippen LogP contribution in [0.1, 0.15) is 0 Å². The fourth-order valence-electron chi connectivity index (χ4n) is 2.21. The lowest BCUT2D eigenvalue weighted by Gasteiger charge is -2.10. The van der Waals surface area contributed by atoms with Crippen molar-refractivity contribution in [3.8, 4) is 11.3 Å². The van der Waals surface area contributed by atoms with E-state index < -0.39 is 10.0 Å². The molecule has 106 valence electrons. The third-order valence-electron chi connectivity index (χ3n) is 3.07. The largest absolute Gasteiger partial charge is 0.239 e. The fourth-order valence-corrected chi connectivity index (χ4v) is 3.28. The summed E-state index contributed by atoms with van der Waals surface area (Å²) in [4.78, 5) is 0.0391. The quantitative estimate of drug-likeness (QED) is 0.786. The SMILES string of the molecule is NS(=O)(=O)c1c(-c2ccc(Cl)nn2)ccc2ccccc12. The molecular formula is C14H10ClN3O2S. The van der Waals surface area contributed by atoms with Crippen LogP contribution < -0.4 is 5.14 Å². The summed E-state index contributed by atoms with van der Waals surface area (Å²) in [7, 11) is -3.92. The topological polar surface area (TPSA) is 85.9 Å². The molecule has 7 heteroatoms. The highest BCUT2D eigenvalue weighted by atomic mass is 35.5. The highest BCUT2D eigenvalue weighted by Crippen LogP contribution is 2.32. The summed E-state index contributed by atoms with van der Waals surface area (Å²) in [6.07, 6.45) is 0. The van der Waals surface area contributed by atoms with E-state index in [2.05, 4.69) is 10.2 Å². The first-order chi connectivity index (χ1) is 9.97. The van der Waals surface area contributed by atoms with Crippen molar-refractivity contribution in [1.29, 1.82) is 0 Å². The molecule has 2 N–H and O–H groups in total. The van der Waals surface area contributed by atoms with Gasteiger partial charge >= 0.3 is 0 Å². The normalized spacial score (nSPS) is 11.7. The highest BCUT2D eigenvalue weighted by Gasteiger charge is 2.19. The van der Waals surface area contributed by atoms with Crippen molar-refractivity contribution in [2.24, 2.45) is 5.14 Å². The van der Waals surface area contributed by atoms with Gasteiger partial charge in [0.05, 0.1) is 10.6 Å². The zero-order chi connectivity index (χ0) is 15.0. The van der Waals surface area contributed by atoms with E-state index in [1.165, 1.54) is 0 Å². The van der Waals surface area contributed by atoms with E-state index in [1.54, 1.807) is 30.3 Å². The molecule has 0 aliphatic heterocycles. The van der Waals surface area contributed by atoms with Gasteiger partial charge in [0.15, 0.2) is 5.15 Å². The number of hydrogen-bond acceptors (Lipinski definition) is 4. The first kappa shape index (κ1) is 13.9. The summed E-state index contributed by atoms with van der Waals surface area (Å²) >= 11 is 5.71. The molecule has 0 saturated carbocycles. The standard InChI is InChI=1S/C14H10ClN3O2S/c15-13-8-7-12(17-18-13)11-6-5-9-3-1-2-4-10(9)14(11)21(16,19)20/h1-8H,(H2,16,19,20). The van der Waals surface area contributed by atoms with E-state index in [-0.39, 0.29) is 10.0 Å². The van der Waals surface area contributed by atoms with Crippen LogP contribution in [-0.4, -0.2) is 18.6 Å². The number of rotatable bonds is 2. The van der Waals surface area contributed by atoms with Gasteiger partial charge in [0, 0.05) is 10.9 Å². The molecule has 1 aromatic heterocycles. The second kappa shape index (κ2) is 5.07. The van der Waals surface area contributed by atoms with Crippen LogP contribution in [0.2, 0.25) is 5.15 Å². The Kier molecular flexibility index (Phi) is 3.36. The molecule has 0 radical (unpaired) electrons. The Labute approximate surface area is 126 Å². The summed E-state index contributed by atoms with van der Waals surface area (Å²) < 4.78 is 24.0. The van der Waals surface area contributed by atoms with Gasteiger partial charge in [0.1, 0.15) is 0 Å². The van der Waals surface area contributed by atoms with Crippen LogP contribution in [0.25, 0.3) is 22.0 Å². The summed E-state index contributed by atoms with van der Waals surface area (Å²) in [6.45, 7) is 0. The summed E-state index contributed by atoms with van der Waals surface area (Å²) in [5, 5.41) is 14.6. The van der Waals surface area contributed by atoms with E-state index in [1.807, 2.05) is 18.2 Å². The average molecular weight is 320 g/mol. The second-order valence-electron chi connectivity index (χ2n) is 4.45. The van der Waals surface area contributed by atoms with Crippen molar-refractivity contribution >= 4 is 32.4 Å². The van der Waals surface area contributed by atoms with Gasteiger partial charge in [-0.3, -0.25) is 0 Å². The lowest BCUT2D eigenvalue weighted by atomic mass is 10.0. The molecule has 0 aliphatic carbocycles. The molecule has 0 saturated heterocycles. The van der Waals surface area contributed by atoms with Crippen LogP contribution >= 0.6 is 11.6 Å². The molecule has 0 bridgehead atoms. The van der Waals surface area contributed by atoms with Crippen molar-refractivity contribution in [2.75, 3.05) is 0 Å². The molecule has 3 rings (SSSR count). The molecule has 21 heavy (non-hydrogen) atoms. The predicted octanol–water partition coefficient (Wildman–Crippen LogP) is 2.60. The van der Waals surface area contributed by atoms with Crippen LogP contribution in [-0.2, 0) is 10.0 Å². The third-order valence-corrected chi connectivity index (χ3v) is 4.28. The zero-order valence-electron chi connectivity index (χ0n) is 10.7. The van der Waals surface area contributed by atoms with Gasteiger partial charge in [0.2, 0.25) is 10.0 Å². The Morgan fingerprint density at radius 1 is 0.952 bits per heavy atom. The van der Waals surface area contributed by atoms with Crippen LogP contribution in [0.3, 0.4) is 0 Å². The van der Waals surface area contributed by atoms with E-state index >= 15 is 0 Å². The minimum atomic E-state index is -3.92. The number of sulfonamides is 1. The molecule has 0 aliphatic rings. The molecule has 3 aromatic rings. The van der Waals surface area contributed by atoms with Gasteiger partial charge in [-0.15, -0.1) is 10.2 Å². The molecule has 5 nitrogen and oxygen atoms in total. The van der Waals surface area contributed by atoms with Gasteiger partial charge in [-0.2, -0.15) is 0 Å². The van der Waals surface area contributed by atoms with Crippen molar-refractivity contribution in [3.05, 3.63) is 53.7 Å². The first-order valence-corrected chi connectivity index (χ1v) is 7.93. The van der Waals surface area contributed by atoms with E-state index in [0.29, 0.717) is 16.6 Å². The predicted molar refractivity (Wildman–Crippen MR) is 81.4 cm³/mol. The number of benzene rings is 2. The van der Waals surface area contributed by atoms with Crippen molar-refractivity contribution in [1.82, 2.24) is 10.2 Å². The summed E-state index contributed by atoms with van der Waals surface area (Å²) in [5.41, 5.74) is 0.801. The van der Waals surface area contributed by atoms with Gasteiger partial charge in [-0.25, -0.2) is 13.6 Å². The fraction of sp³-hybridized carbons (Fsp3) is 0. The third kappa shape index (κ3) is 2.61. The minimum absolute atomic E-state index is 0.0391. The Hall–Kier alpha value is -2.02. The lowest BCUT2D eigenvalue weighted by molar-refractivity contribution is 0.599. The Morgan fingerprint density at radius 3 is 2.38 bits per heavy atom. The maximum atomic E-state index is 12.0. The Bertz CT molecular complexity index is 925. The molecule has 1 heterocycles. The molecular weight excluding hydrogens is 310 g/mol. The molecule has 0 fully saturated rings. The van der Waals surface area contributed by atoms with Gasteiger partial charge < -0.3 is 0 Å². The van der Waals surface area contributed by atoms with E-state index in [0.717, 1.165) is 5.39 Å². The van der Waals surface area contributed by atoms with Gasteiger partial charge in [-0.1, -0.05) is 48.0 Å². The molecule has 0 spiro atoms. The second-order valence-corrected chi connectivity index (χ2v) is 6.34. The lowest BCUT2D eigenvalue weighted by Crippen LogP contribution is -2.14. The van der Waals surface area contributed by atoms with Crippen LogP contribution in [0.15, 0.2) is 53.4 Å². The van der Waals surface area contributed by atoms with Gasteiger partial charge in [0.25, 0.3) is 0 Å². The van der Waals surface area contributed by atoms with Crippen LogP contribution in [0, 0.1) is 0 Å². The average Bonchev–Trinajstić information content (AvgIpc) is 2.46. The van der Waals surface area contributed by atoms with Crippen LogP contribution in [0.5, 0.6) is 0 Å². The maximum absolute atomic E-state index is 12.0. The Morgan fingerprint density at radius 2 is 1.71 bits per heavy atom. The molecule has 2 aromatic carbocycles. The maximum Gasteiger partial charge on any atom is 0.239 e. The van der Waals surface area contributed by atoms with Crippen LogP contribution in [0.4, 0.5) is 0 Å². The highest BCUT2D eigenvalue weighted by molar-refractivity contribution is 7.89. The smallest absolute Gasteiger partial charge is 0.225 e. The number of halogens is 1. The van der Waals surface area contributed by atoms with Gasteiger partial charge in [-0.05, 0) is 17.5 Å². The zero-order valence-corrected chi connectivity index (χ0v) is 12.3. The van der Waals surface area contributed by atoms with E-state index in [9.17, 15) is 8.42 Å². The number of primary sulfonamides is 1. The van der Waals surface area contributed by atoms with Crippen molar-refractivity contribution in [2.45, 2.75) is 4.90 Å². The van der Waals surface area contributed by atoms with Crippen molar-refractivity contribution < 1.29 is 8.42 Å². The van der Waals surface area contributed by atoms with E-state index in [4.69, 9.17) is 16.7 Å². The number of fused-ring (bicyclic) bond motifs is 1. The van der Waals surface area contributed by atoms with Crippen molar-refractivity contribution in [3.63, 3.8) is 0 Å². The monoisotopic (exact) mass is 319 g/mol. The molecule has 0 unspecified atom stereocenters.